The molecule has 2 aromatic carbocycles. The van der Waals surface area contributed by atoms with Crippen LogP contribution in [0.3, 0.4) is 0 Å². The van der Waals surface area contributed by atoms with E-state index in [4.69, 9.17) is 16.3 Å². The van der Waals surface area contributed by atoms with Crippen LogP contribution in [-0.4, -0.2) is 24.6 Å². The Labute approximate surface area is 181 Å². The zero-order chi connectivity index (χ0) is 22.1. The molecular weight excluding hydrogens is 422 g/mol. The molecule has 1 N–H and O–H groups in total. The highest BCUT2D eigenvalue weighted by molar-refractivity contribution is 6.32. The molecule has 4 aromatic rings. The predicted molar refractivity (Wildman–Crippen MR) is 117 cm³/mol. The van der Waals surface area contributed by atoms with Gasteiger partial charge >= 0.3 is 5.69 Å². The Kier molecular flexibility index (Phi) is 5.35. The number of anilines is 1. The number of nitrogens with one attached hydrogen (secondary N) is 1. The van der Waals surface area contributed by atoms with E-state index in [0.717, 1.165) is 4.57 Å². The van der Waals surface area contributed by atoms with Crippen LogP contribution in [0.4, 0.5) is 5.69 Å². The number of nitrogens with zero attached hydrogens (tertiary/aromatic N) is 4. The topological polar surface area (TPSA) is 100 Å². The Morgan fingerprint density at radius 1 is 1.06 bits per heavy atom. The molecule has 2 aromatic heterocycles. The van der Waals surface area contributed by atoms with Crippen LogP contribution in [0.25, 0.3) is 11.2 Å². The molecule has 2 heterocycles. The maximum atomic E-state index is 12.5. The zero-order valence-electron chi connectivity index (χ0n) is 16.7. The Bertz CT molecular complexity index is 1400. The maximum absolute atomic E-state index is 12.5. The maximum Gasteiger partial charge on any atom is 0.332 e. The minimum atomic E-state index is -0.510. The van der Waals surface area contributed by atoms with Crippen molar-refractivity contribution >= 4 is 34.4 Å². The van der Waals surface area contributed by atoms with Gasteiger partial charge in [0.15, 0.2) is 11.2 Å². The third-order valence-electron chi connectivity index (χ3n) is 4.73. The Morgan fingerprint density at radius 2 is 1.77 bits per heavy atom. The summed E-state index contributed by atoms with van der Waals surface area (Å²) in [5, 5.41) is 3.26. The van der Waals surface area contributed by atoms with Gasteiger partial charge in [0, 0.05) is 19.8 Å². The van der Waals surface area contributed by atoms with Crippen LogP contribution in [0.2, 0.25) is 5.02 Å². The van der Waals surface area contributed by atoms with Gasteiger partial charge in [-0.3, -0.25) is 18.7 Å². The molecule has 1 amide bonds. The summed E-state index contributed by atoms with van der Waals surface area (Å²) in [7, 11) is 2.90. The molecule has 0 aliphatic rings. The number of aromatic nitrogens is 4. The molecule has 158 valence electrons. The lowest BCUT2D eigenvalue weighted by Crippen LogP contribution is -2.37. The van der Waals surface area contributed by atoms with Crippen LogP contribution < -0.4 is 21.3 Å². The molecule has 0 aliphatic carbocycles. The second-order valence-corrected chi connectivity index (χ2v) is 7.26. The van der Waals surface area contributed by atoms with Crippen molar-refractivity contribution in [1.82, 2.24) is 18.7 Å². The predicted octanol–water partition coefficient (Wildman–Crippen LogP) is 2.52. The summed E-state index contributed by atoms with van der Waals surface area (Å²) >= 11 is 6.09. The van der Waals surface area contributed by atoms with Crippen molar-refractivity contribution in [2.45, 2.75) is 6.54 Å². The van der Waals surface area contributed by atoms with Crippen LogP contribution >= 0.6 is 11.6 Å². The number of carbonyl (C=O) groups is 1. The molecule has 0 saturated carbocycles. The summed E-state index contributed by atoms with van der Waals surface area (Å²) in [5.41, 5.74) is -0.0257. The Hall–Kier alpha value is -3.85. The fourth-order valence-electron chi connectivity index (χ4n) is 3.13. The first-order valence-electron chi connectivity index (χ1n) is 9.28. The molecule has 0 atom stereocenters. The van der Waals surface area contributed by atoms with Gasteiger partial charge in [-0.15, -0.1) is 0 Å². The van der Waals surface area contributed by atoms with Gasteiger partial charge in [-0.2, -0.15) is 0 Å². The van der Waals surface area contributed by atoms with E-state index < -0.39 is 11.2 Å². The van der Waals surface area contributed by atoms with Gasteiger partial charge in [0.25, 0.3) is 5.56 Å². The van der Waals surface area contributed by atoms with E-state index in [9.17, 15) is 14.4 Å². The Morgan fingerprint density at radius 3 is 2.48 bits per heavy atom. The highest BCUT2D eigenvalue weighted by atomic mass is 35.5. The first kappa shape index (κ1) is 20.4. The number of hydrogen-bond donors (Lipinski definition) is 1. The van der Waals surface area contributed by atoms with Gasteiger partial charge in [-0.05, 0) is 36.4 Å². The fraction of sp³-hybridized carbons (Fsp3) is 0.143. The molecule has 0 aliphatic heterocycles. The summed E-state index contributed by atoms with van der Waals surface area (Å²) < 4.78 is 9.39. The standard InChI is InChI=1S/C21H18ClN5O4/c1-25-19-18(20(29)26(2)21(25)30)27(12-23-19)11-17(28)24-13-7-9-14(10-8-13)31-16-6-4-3-5-15(16)22/h3-10,12H,11H2,1-2H3,(H,24,28). The largest absolute Gasteiger partial charge is 0.456 e. The Balaban J connectivity index is 1.49. The van der Waals surface area contributed by atoms with E-state index in [-0.39, 0.29) is 23.6 Å². The number of benzene rings is 2. The molecule has 0 radical (unpaired) electrons. The van der Waals surface area contributed by atoms with Gasteiger partial charge in [-0.25, -0.2) is 9.78 Å². The molecule has 0 bridgehead atoms. The zero-order valence-corrected chi connectivity index (χ0v) is 17.5. The number of para-hydroxylation sites is 1. The van der Waals surface area contributed by atoms with E-state index in [1.807, 2.05) is 12.1 Å². The normalized spacial score (nSPS) is 10.9. The molecule has 0 spiro atoms. The van der Waals surface area contributed by atoms with Gasteiger partial charge in [-0.1, -0.05) is 23.7 Å². The second-order valence-electron chi connectivity index (χ2n) is 6.86. The molecule has 10 heteroatoms. The van der Waals surface area contributed by atoms with E-state index in [2.05, 4.69) is 10.3 Å². The first-order chi connectivity index (χ1) is 14.8. The quantitative estimate of drug-likeness (QED) is 0.515. The lowest BCUT2D eigenvalue weighted by atomic mass is 10.3. The number of rotatable bonds is 5. The molecule has 31 heavy (non-hydrogen) atoms. The van der Waals surface area contributed by atoms with Crippen LogP contribution in [0.15, 0.2) is 64.4 Å². The third-order valence-corrected chi connectivity index (χ3v) is 5.05. The smallest absolute Gasteiger partial charge is 0.332 e. The van der Waals surface area contributed by atoms with Gasteiger partial charge in [0.1, 0.15) is 18.0 Å². The van der Waals surface area contributed by atoms with E-state index in [1.165, 1.54) is 29.6 Å². The second kappa shape index (κ2) is 8.11. The van der Waals surface area contributed by atoms with Crippen molar-refractivity contribution in [3.05, 3.63) is 80.7 Å². The SMILES string of the molecule is Cn1c(=O)c2c(ncn2CC(=O)Nc2ccc(Oc3ccccc3Cl)cc2)n(C)c1=O. The summed E-state index contributed by atoms with van der Waals surface area (Å²) in [6.07, 6.45) is 1.37. The van der Waals surface area contributed by atoms with E-state index >= 15 is 0 Å². The van der Waals surface area contributed by atoms with Crippen molar-refractivity contribution in [3.63, 3.8) is 0 Å². The monoisotopic (exact) mass is 439 g/mol. The lowest BCUT2D eigenvalue weighted by Gasteiger charge is -2.10. The number of fused-ring (bicyclic) bond motifs is 1. The van der Waals surface area contributed by atoms with Crippen molar-refractivity contribution in [2.24, 2.45) is 14.1 Å². The highest BCUT2D eigenvalue weighted by Gasteiger charge is 2.16. The molecule has 0 saturated heterocycles. The van der Waals surface area contributed by atoms with Crippen LogP contribution in [-0.2, 0) is 25.4 Å². The molecule has 4 rings (SSSR count). The highest BCUT2D eigenvalue weighted by Crippen LogP contribution is 2.29. The van der Waals surface area contributed by atoms with E-state index in [1.54, 1.807) is 36.4 Å². The summed E-state index contributed by atoms with van der Waals surface area (Å²) in [5.74, 6) is 0.745. The van der Waals surface area contributed by atoms with Gasteiger partial charge in [0.05, 0.1) is 11.3 Å². The number of halogens is 1. The van der Waals surface area contributed by atoms with E-state index in [0.29, 0.717) is 22.2 Å². The molecule has 0 fully saturated rings. The average molecular weight is 440 g/mol. The molecule has 9 nitrogen and oxygen atoms in total. The average Bonchev–Trinajstić information content (AvgIpc) is 3.17. The van der Waals surface area contributed by atoms with Crippen LogP contribution in [0, 0.1) is 0 Å². The number of ether oxygens (including phenoxy) is 1. The van der Waals surface area contributed by atoms with Crippen molar-refractivity contribution in [1.29, 1.82) is 0 Å². The van der Waals surface area contributed by atoms with Gasteiger partial charge in [0.2, 0.25) is 5.91 Å². The van der Waals surface area contributed by atoms with Crippen molar-refractivity contribution in [2.75, 3.05) is 5.32 Å². The molecular formula is C21H18ClN5O4. The van der Waals surface area contributed by atoms with Crippen LogP contribution in [0.5, 0.6) is 11.5 Å². The third kappa shape index (κ3) is 3.95. The number of amides is 1. The summed E-state index contributed by atoms with van der Waals surface area (Å²) in [6.45, 7) is -0.137. The van der Waals surface area contributed by atoms with Gasteiger partial charge < -0.3 is 14.6 Å². The van der Waals surface area contributed by atoms with Crippen LogP contribution in [0.1, 0.15) is 0 Å². The molecule has 0 unspecified atom stereocenters. The lowest BCUT2D eigenvalue weighted by molar-refractivity contribution is -0.116. The van der Waals surface area contributed by atoms with Crippen molar-refractivity contribution in [3.8, 4) is 11.5 Å². The number of carbonyl (C=O) groups excluding carboxylic acids is 1. The fourth-order valence-corrected chi connectivity index (χ4v) is 3.31. The van der Waals surface area contributed by atoms with Crippen molar-refractivity contribution < 1.29 is 9.53 Å². The summed E-state index contributed by atoms with van der Waals surface area (Å²) in [4.78, 5) is 41.1. The summed E-state index contributed by atoms with van der Waals surface area (Å²) in [6, 6.07) is 13.9. The number of hydrogen-bond acceptors (Lipinski definition) is 5. The minimum absolute atomic E-state index is 0.137. The number of imidazole rings is 1. The first-order valence-corrected chi connectivity index (χ1v) is 9.66. The minimum Gasteiger partial charge on any atom is -0.456 e. The number of aryl methyl sites for hydroxylation is 1.